The minimum Gasteiger partial charge on any atom is -0.341 e. The van der Waals surface area contributed by atoms with E-state index in [0.29, 0.717) is 43.1 Å². The van der Waals surface area contributed by atoms with Gasteiger partial charge < -0.3 is 9.80 Å². The van der Waals surface area contributed by atoms with Gasteiger partial charge in [-0.2, -0.15) is 11.3 Å². The van der Waals surface area contributed by atoms with Crippen LogP contribution < -0.4 is 0 Å². The SMILES string of the molecule is CN(Cc1ccsc1)C(=O)C1CCN(C(=O)c2ccc(Cl)cc2)CC1. The monoisotopic (exact) mass is 376 g/mol. The lowest BCUT2D eigenvalue weighted by atomic mass is 9.94. The van der Waals surface area contributed by atoms with Gasteiger partial charge in [0.1, 0.15) is 0 Å². The number of likely N-dealkylation sites (tertiary alicyclic amines) is 1. The number of halogens is 1. The number of carbonyl (C=O) groups is 2. The Kier molecular flexibility index (Phi) is 5.76. The Bertz CT molecular complexity index is 722. The molecule has 1 aliphatic rings. The lowest BCUT2D eigenvalue weighted by Gasteiger charge is -2.33. The average molecular weight is 377 g/mol. The fourth-order valence-electron chi connectivity index (χ4n) is 3.15. The molecule has 0 N–H and O–H groups in total. The summed E-state index contributed by atoms with van der Waals surface area (Å²) in [5.74, 6) is 0.178. The molecule has 6 heteroatoms. The van der Waals surface area contributed by atoms with Crippen LogP contribution >= 0.6 is 22.9 Å². The van der Waals surface area contributed by atoms with E-state index in [-0.39, 0.29) is 17.7 Å². The molecule has 0 atom stereocenters. The van der Waals surface area contributed by atoms with E-state index in [0.717, 1.165) is 5.56 Å². The number of nitrogens with zero attached hydrogens (tertiary/aromatic N) is 2. The van der Waals surface area contributed by atoms with Gasteiger partial charge in [-0.3, -0.25) is 9.59 Å². The highest BCUT2D eigenvalue weighted by molar-refractivity contribution is 7.07. The number of piperidine rings is 1. The van der Waals surface area contributed by atoms with Gasteiger partial charge >= 0.3 is 0 Å². The van der Waals surface area contributed by atoms with Crippen molar-refractivity contribution in [3.63, 3.8) is 0 Å². The van der Waals surface area contributed by atoms with Gasteiger partial charge in [0.15, 0.2) is 0 Å². The van der Waals surface area contributed by atoms with Gasteiger partial charge in [-0.15, -0.1) is 0 Å². The van der Waals surface area contributed by atoms with Crippen LogP contribution in [0.2, 0.25) is 5.02 Å². The fraction of sp³-hybridized carbons (Fsp3) is 0.368. The highest BCUT2D eigenvalue weighted by atomic mass is 35.5. The lowest BCUT2D eigenvalue weighted by molar-refractivity contribution is -0.136. The summed E-state index contributed by atoms with van der Waals surface area (Å²) in [5, 5.41) is 4.71. The molecule has 1 saturated heterocycles. The third-order valence-electron chi connectivity index (χ3n) is 4.60. The molecule has 4 nitrogen and oxygen atoms in total. The second-order valence-electron chi connectivity index (χ2n) is 6.40. The van der Waals surface area contributed by atoms with Crippen LogP contribution in [0.15, 0.2) is 41.1 Å². The van der Waals surface area contributed by atoms with E-state index in [1.807, 2.05) is 23.4 Å². The summed E-state index contributed by atoms with van der Waals surface area (Å²) >= 11 is 7.51. The topological polar surface area (TPSA) is 40.6 Å². The highest BCUT2D eigenvalue weighted by Crippen LogP contribution is 2.22. The van der Waals surface area contributed by atoms with E-state index in [1.165, 1.54) is 0 Å². The number of carbonyl (C=O) groups excluding carboxylic acids is 2. The summed E-state index contributed by atoms with van der Waals surface area (Å²) in [4.78, 5) is 28.8. The maximum atomic E-state index is 12.6. The standard InChI is InChI=1S/C19H21ClN2O2S/c1-21(12-14-8-11-25-13-14)18(23)16-6-9-22(10-7-16)19(24)15-2-4-17(20)5-3-15/h2-5,8,11,13,16H,6-7,9-10,12H2,1H3. The van der Waals surface area contributed by atoms with E-state index < -0.39 is 0 Å². The van der Waals surface area contributed by atoms with Gasteiger partial charge in [-0.05, 0) is 59.5 Å². The third-order valence-corrected chi connectivity index (χ3v) is 5.58. The van der Waals surface area contributed by atoms with Gasteiger partial charge in [0.25, 0.3) is 5.91 Å². The Morgan fingerprint density at radius 2 is 1.88 bits per heavy atom. The number of benzene rings is 1. The van der Waals surface area contributed by atoms with Crippen molar-refractivity contribution in [1.29, 1.82) is 0 Å². The van der Waals surface area contributed by atoms with Crippen LogP contribution in [0.1, 0.15) is 28.8 Å². The van der Waals surface area contributed by atoms with Crippen molar-refractivity contribution >= 4 is 34.8 Å². The van der Waals surface area contributed by atoms with E-state index in [2.05, 4.69) is 5.38 Å². The van der Waals surface area contributed by atoms with Crippen molar-refractivity contribution in [2.45, 2.75) is 19.4 Å². The summed E-state index contributed by atoms with van der Waals surface area (Å²) < 4.78 is 0. The van der Waals surface area contributed by atoms with Crippen LogP contribution in [0, 0.1) is 5.92 Å². The van der Waals surface area contributed by atoms with E-state index in [4.69, 9.17) is 11.6 Å². The molecule has 0 unspecified atom stereocenters. The first-order valence-corrected chi connectivity index (χ1v) is 9.67. The first-order chi connectivity index (χ1) is 12.0. The Hall–Kier alpha value is -1.85. The van der Waals surface area contributed by atoms with E-state index >= 15 is 0 Å². The molecule has 2 amide bonds. The summed E-state index contributed by atoms with van der Waals surface area (Å²) in [5.41, 5.74) is 1.81. The van der Waals surface area contributed by atoms with Crippen molar-refractivity contribution < 1.29 is 9.59 Å². The van der Waals surface area contributed by atoms with Crippen molar-refractivity contribution in [3.05, 3.63) is 57.2 Å². The summed E-state index contributed by atoms with van der Waals surface area (Å²) in [6.45, 7) is 1.88. The molecule has 0 aliphatic carbocycles. The maximum Gasteiger partial charge on any atom is 0.253 e. The molecule has 2 aromatic rings. The smallest absolute Gasteiger partial charge is 0.253 e. The van der Waals surface area contributed by atoms with Crippen molar-refractivity contribution in [1.82, 2.24) is 9.80 Å². The largest absolute Gasteiger partial charge is 0.341 e. The van der Waals surface area contributed by atoms with E-state index in [9.17, 15) is 9.59 Å². The summed E-state index contributed by atoms with van der Waals surface area (Å²) in [6, 6.07) is 8.99. The number of rotatable bonds is 4. The minimum atomic E-state index is -0.00194. The van der Waals surface area contributed by atoms with Gasteiger partial charge in [0.2, 0.25) is 5.91 Å². The first-order valence-electron chi connectivity index (χ1n) is 8.35. The molecule has 3 rings (SSSR count). The Morgan fingerprint density at radius 3 is 2.48 bits per heavy atom. The third kappa shape index (κ3) is 4.41. The quantitative estimate of drug-likeness (QED) is 0.811. The Balaban J connectivity index is 1.53. The van der Waals surface area contributed by atoms with Crippen LogP contribution in [-0.2, 0) is 11.3 Å². The normalized spacial score (nSPS) is 15.2. The average Bonchev–Trinajstić information content (AvgIpc) is 3.14. The van der Waals surface area contributed by atoms with Crippen molar-refractivity contribution in [2.75, 3.05) is 20.1 Å². The number of thiophene rings is 1. The van der Waals surface area contributed by atoms with Gasteiger partial charge in [0.05, 0.1) is 0 Å². The zero-order chi connectivity index (χ0) is 17.8. The molecule has 0 radical (unpaired) electrons. The second-order valence-corrected chi connectivity index (χ2v) is 7.62. The van der Waals surface area contributed by atoms with Gasteiger partial charge in [-0.25, -0.2) is 0 Å². The predicted molar refractivity (Wildman–Crippen MR) is 101 cm³/mol. The zero-order valence-electron chi connectivity index (χ0n) is 14.2. The highest BCUT2D eigenvalue weighted by Gasteiger charge is 2.29. The molecule has 1 fully saturated rings. The predicted octanol–water partition coefficient (Wildman–Crippen LogP) is 3.91. The van der Waals surface area contributed by atoms with Crippen LogP contribution in [0.3, 0.4) is 0 Å². The number of hydrogen-bond acceptors (Lipinski definition) is 3. The molecule has 2 heterocycles. The minimum absolute atomic E-state index is 0.00194. The van der Waals surface area contributed by atoms with Crippen LogP contribution in [0.5, 0.6) is 0 Å². The van der Waals surface area contributed by atoms with Gasteiger partial charge in [-0.1, -0.05) is 11.6 Å². The second kappa shape index (κ2) is 8.02. The molecular formula is C19H21ClN2O2S. The number of amides is 2. The molecule has 1 aromatic heterocycles. The molecule has 25 heavy (non-hydrogen) atoms. The Labute approximate surface area is 157 Å². The summed E-state index contributed by atoms with van der Waals surface area (Å²) in [7, 11) is 1.85. The molecular weight excluding hydrogens is 356 g/mol. The summed E-state index contributed by atoms with van der Waals surface area (Å²) in [6.07, 6.45) is 1.43. The molecule has 132 valence electrons. The fourth-order valence-corrected chi connectivity index (χ4v) is 3.94. The Morgan fingerprint density at radius 1 is 1.20 bits per heavy atom. The van der Waals surface area contributed by atoms with Crippen LogP contribution in [-0.4, -0.2) is 41.8 Å². The van der Waals surface area contributed by atoms with Crippen LogP contribution in [0.4, 0.5) is 0 Å². The first kappa shape index (κ1) is 18.0. The van der Waals surface area contributed by atoms with Gasteiger partial charge in [0, 0.05) is 43.2 Å². The molecule has 0 saturated carbocycles. The zero-order valence-corrected chi connectivity index (χ0v) is 15.7. The maximum absolute atomic E-state index is 12.6. The van der Waals surface area contributed by atoms with Crippen molar-refractivity contribution in [2.24, 2.45) is 5.92 Å². The van der Waals surface area contributed by atoms with Crippen LogP contribution in [0.25, 0.3) is 0 Å². The number of hydrogen-bond donors (Lipinski definition) is 0. The molecule has 0 bridgehead atoms. The molecule has 1 aromatic carbocycles. The van der Waals surface area contributed by atoms with Crippen molar-refractivity contribution in [3.8, 4) is 0 Å². The molecule has 0 spiro atoms. The molecule has 1 aliphatic heterocycles. The lowest BCUT2D eigenvalue weighted by Crippen LogP contribution is -2.43. The van der Waals surface area contributed by atoms with E-state index in [1.54, 1.807) is 40.5 Å².